The van der Waals surface area contributed by atoms with E-state index in [-0.39, 0.29) is 5.82 Å². The lowest BCUT2D eigenvalue weighted by molar-refractivity contribution is 0.628. The van der Waals surface area contributed by atoms with Crippen molar-refractivity contribution in [3.8, 4) is 0 Å². The second-order valence-corrected chi connectivity index (χ2v) is 3.13. The fourth-order valence-corrected chi connectivity index (χ4v) is 1.49. The Morgan fingerprint density at radius 1 is 1.33 bits per heavy atom. The highest BCUT2D eigenvalue weighted by atomic mass is 32.1. The van der Waals surface area contributed by atoms with Crippen LogP contribution < -0.4 is 0 Å². The Kier molecular flexibility index (Phi) is 1.51. The lowest BCUT2D eigenvalue weighted by atomic mass is 10.2. The number of fused-ring (bicyclic) bond motifs is 1. The Morgan fingerprint density at radius 3 is 2.83 bits per heavy atom. The number of rotatable bonds is 0. The van der Waals surface area contributed by atoms with Crippen LogP contribution in [-0.4, -0.2) is 9.97 Å². The highest BCUT2D eigenvalue weighted by Gasteiger charge is 2.01. The second kappa shape index (κ2) is 2.42. The predicted octanol–water partition coefficient (Wildman–Crippen LogP) is 2.67. The smallest absolute Gasteiger partial charge is 0.175 e. The topological polar surface area (TPSA) is 31.6 Å². The van der Waals surface area contributed by atoms with Crippen LogP contribution in [0.3, 0.4) is 0 Å². The van der Waals surface area contributed by atoms with Crippen molar-refractivity contribution in [1.82, 2.24) is 9.97 Å². The molecule has 62 valence electrons. The van der Waals surface area contributed by atoms with Gasteiger partial charge in [-0.15, -0.1) is 0 Å². The molecule has 2 nitrogen and oxygen atoms in total. The van der Waals surface area contributed by atoms with E-state index in [9.17, 15) is 4.39 Å². The van der Waals surface area contributed by atoms with Crippen molar-refractivity contribution >= 4 is 23.3 Å². The van der Waals surface area contributed by atoms with Gasteiger partial charge >= 0.3 is 0 Å². The van der Waals surface area contributed by atoms with Gasteiger partial charge in [0, 0.05) is 0 Å². The van der Waals surface area contributed by atoms with Crippen LogP contribution in [0.2, 0.25) is 0 Å². The van der Waals surface area contributed by atoms with Gasteiger partial charge < -0.3 is 9.97 Å². The van der Waals surface area contributed by atoms with E-state index in [2.05, 4.69) is 9.97 Å². The molecule has 0 spiro atoms. The highest BCUT2D eigenvalue weighted by molar-refractivity contribution is 7.71. The largest absolute Gasteiger partial charge is 0.331 e. The third-order valence-electron chi connectivity index (χ3n) is 1.79. The summed E-state index contributed by atoms with van der Waals surface area (Å²) in [5.41, 5.74) is 2.45. The number of hydrogen-bond donors (Lipinski definition) is 2. The molecule has 1 heterocycles. The van der Waals surface area contributed by atoms with Crippen LogP contribution in [0.15, 0.2) is 12.1 Å². The number of aromatic nitrogens is 2. The molecular formula is C8H7FN2S. The van der Waals surface area contributed by atoms with Gasteiger partial charge in [-0.1, -0.05) is 0 Å². The maximum absolute atomic E-state index is 12.8. The standard InChI is InChI=1S/C8H7FN2S/c1-4-2-5(9)3-6-7(4)11-8(12)10-6/h2-3H,1H3,(H2,10,11,12). The van der Waals surface area contributed by atoms with E-state index >= 15 is 0 Å². The van der Waals surface area contributed by atoms with Crippen molar-refractivity contribution in [1.29, 1.82) is 0 Å². The molecule has 0 saturated heterocycles. The van der Waals surface area contributed by atoms with Gasteiger partial charge in [-0.2, -0.15) is 0 Å². The monoisotopic (exact) mass is 182 g/mol. The third kappa shape index (κ3) is 1.04. The molecule has 0 amide bonds. The summed E-state index contributed by atoms with van der Waals surface area (Å²) < 4.78 is 13.4. The fourth-order valence-electron chi connectivity index (χ4n) is 1.27. The number of H-pyrrole nitrogens is 2. The minimum atomic E-state index is -0.245. The Hall–Kier alpha value is -1.16. The number of hydrogen-bond acceptors (Lipinski definition) is 1. The number of aryl methyl sites for hydroxylation is 1. The first kappa shape index (κ1) is 7.49. The summed E-state index contributed by atoms with van der Waals surface area (Å²) in [6.07, 6.45) is 0. The van der Waals surface area contributed by atoms with Crippen LogP contribution >= 0.6 is 12.2 Å². The first-order chi connectivity index (χ1) is 5.66. The first-order valence-electron chi connectivity index (χ1n) is 3.55. The van der Waals surface area contributed by atoms with Crippen molar-refractivity contribution in [2.24, 2.45) is 0 Å². The van der Waals surface area contributed by atoms with Gasteiger partial charge in [-0.3, -0.25) is 0 Å². The van der Waals surface area contributed by atoms with E-state index < -0.39 is 0 Å². The molecule has 2 rings (SSSR count). The van der Waals surface area contributed by atoms with Gasteiger partial charge in [-0.05, 0) is 36.8 Å². The zero-order chi connectivity index (χ0) is 8.72. The summed E-state index contributed by atoms with van der Waals surface area (Å²) in [7, 11) is 0. The van der Waals surface area contributed by atoms with Crippen LogP contribution in [0.25, 0.3) is 11.0 Å². The van der Waals surface area contributed by atoms with Gasteiger partial charge in [0.2, 0.25) is 0 Å². The summed E-state index contributed by atoms with van der Waals surface area (Å²) >= 11 is 4.88. The summed E-state index contributed by atoms with van der Waals surface area (Å²) in [6, 6.07) is 2.90. The molecule has 4 heteroatoms. The molecular weight excluding hydrogens is 175 g/mol. The van der Waals surface area contributed by atoms with Crippen molar-refractivity contribution in [2.75, 3.05) is 0 Å². The predicted molar refractivity (Wildman–Crippen MR) is 48.2 cm³/mol. The summed E-state index contributed by atoms with van der Waals surface area (Å²) in [5.74, 6) is -0.245. The third-order valence-corrected chi connectivity index (χ3v) is 1.99. The van der Waals surface area contributed by atoms with Crippen molar-refractivity contribution in [3.63, 3.8) is 0 Å². The number of benzene rings is 1. The fraction of sp³-hybridized carbons (Fsp3) is 0.125. The molecule has 2 aromatic rings. The van der Waals surface area contributed by atoms with Gasteiger partial charge in [0.05, 0.1) is 11.0 Å². The zero-order valence-corrected chi connectivity index (χ0v) is 7.26. The Balaban J connectivity index is 2.97. The average Bonchev–Trinajstić information content (AvgIpc) is 2.29. The van der Waals surface area contributed by atoms with Crippen LogP contribution in [0.5, 0.6) is 0 Å². The molecule has 0 atom stereocenters. The number of halogens is 1. The van der Waals surface area contributed by atoms with E-state index in [0.717, 1.165) is 16.6 Å². The van der Waals surface area contributed by atoms with E-state index in [1.165, 1.54) is 12.1 Å². The maximum atomic E-state index is 12.8. The Bertz CT molecular complexity index is 483. The molecule has 0 radical (unpaired) electrons. The van der Waals surface area contributed by atoms with Crippen LogP contribution in [0, 0.1) is 17.5 Å². The molecule has 0 aliphatic rings. The molecule has 2 N–H and O–H groups in total. The Morgan fingerprint density at radius 2 is 2.08 bits per heavy atom. The van der Waals surface area contributed by atoms with Crippen LogP contribution in [0.4, 0.5) is 4.39 Å². The molecule has 0 aliphatic carbocycles. The molecule has 0 aliphatic heterocycles. The average molecular weight is 182 g/mol. The van der Waals surface area contributed by atoms with E-state index in [4.69, 9.17) is 12.2 Å². The van der Waals surface area contributed by atoms with Crippen LogP contribution in [-0.2, 0) is 0 Å². The quantitative estimate of drug-likeness (QED) is 0.603. The molecule has 0 unspecified atom stereocenters. The normalized spacial score (nSPS) is 10.8. The van der Waals surface area contributed by atoms with E-state index in [0.29, 0.717) is 4.77 Å². The zero-order valence-electron chi connectivity index (χ0n) is 6.44. The van der Waals surface area contributed by atoms with Crippen molar-refractivity contribution in [3.05, 3.63) is 28.3 Å². The number of aromatic amines is 2. The second-order valence-electron chi connectivity index (χ2n) is 2.72. The Labute approximate surface area is 73.4 Å². The van der Waals surface area contributed by atoms with Crippen LogP contribution in [0.1, 0.15) is 5.56 Å². The molecule has 0 bridgehead atoms. The summed E-state index contributed by atoms with van der Waals surface area (Å²) in [6.45, 7) is 1.84. The molecule has 0 saturated carbocycles. The van der Waals surface area contributed by atoms with Gasteiger partial charge in [-0.25, -0.2) is 4.39 Å². The number of imidazole rings is 1. The SMILES string of the molecule is Cc1cc(F)cc2[nH]c(=S)[nH]c12. The molecule has 0 fully saturated rings. The summed E-state index contributed by atoms with van der Waals surface area (Å²) in [4.78, 5) is 5.81. The lowest BCUT2D eigenvalue weighted by Crippen LogP contribution is -1.79. The van der Waals surface area contributed by atoms with E-state index in [1.807, 2.05) is 6.92 Å². The number of nitrogens with one attached hydrogen (secondary N) is 2. The lowest BCUT2D eigenvalue weighted by Gasteiger charge is -1.94. The minimum absolute atomic E-state index is 0.245. The van der Waals surface area contributed by atoms with E-state index in [1.54, 1.807) is 0 Å². The highest BCUT2D eigenvalue weighted by Crippen LogP contribution is 2.16. The van der Waals surface area contributed by atoms with Gasteiger partial charge in [0.25, 0.3) is 0 Å². The summed E-state index contributed by atoms with van der Waals surface area (Å²) in [5, 5.41) is 0. The molecule has 1 aromatic carbocycles. The maximum Gasteiger partial charge on any atom is 0.175 e. The van der Waals surface area contributed by atoms with Gasteiger partial charge in [0.1, 0.15) is 5.82 Å². The minimum Gasteiger partial charge on any atom is -0.331 e. The van der Waals surface area contributed by atoms with Gasteiger partial charge in [0.15, 0.2) is 4.77 Å². The van der Waals surface area contributed by atoms with Crippen molar-refractivity contribution < 1.29 is 4.39 Å². The molecule has 1 aromatic heterocycles. The molecule has 12 heavy (non-hydrogen) atoms. The van der Waals surface area contributed by atoms with Crippen molar-refractivity contribution in [2.45, 2.75) is 6.92 Å². The first-order valence-corrected chi connectivity index (χ1v) is 3.96.